The van der Waals surface area contributed by atoms with Crippen LogP contribution in [0.25, 0.3) is 0 Å². The first kappa shape index (κ1) is 20.0. The first-order valence-corrected chi connectivity index (χ1v) is 10.4. The summed E-state index contributed by atoms with van der Waals surface area (Å²) in [5, 5.41) is 17.0. The minimum atomic E-state index is -4.50. The first-order valence-electron chi connectivity index (χ1n) is 6.14. The van der Waals surface area contributed by atoms with E-state index in [4.69, 9.17) is 18.6 Å². The van der Waals surface area contributed by atoms with E-state index in [1.807, 2.05) is 0 Å². The Bertz CT molecular complexity index is 681. The molecule has 2 aromatic carbocycles. The van der Waals surface area contributed by atoms with Crippen molar-refractivity contribution in [3.63, 3.8) is 0 Å². The second-order valence-electron chi connectivity index (χ2n) is 4.23. The van der Waals surface area contributed by atoms with E-state index in [1.165, 1.54) is 24.3 Å². The Morgan fingerprint density at radius 3 is 2.09 bits per heavy atom. The van der Waals surface area contributed by atoms with Crippen LogP contribution < -0.4 is 0 Å². The fraction of sp³-hybridized carbons (Fsp3) is 0.143. The minimum absolute atomic E-state index is 0.0965. The van der Waals surface area contributed by atoms with Crippen LogP contribution in [0.1, 0.15) is 11.1 Å². The Kier molecular flexibility index (Phi) is 8.05. The van der Waals surface area contributed by atoms with Gasteiger partial charge in [-0.1, -0.05) is 24.3 Å². The summed E-state index contributed by atoms with van der Waals surface area (Å²) < 4.78 is 38.3. The number of benzene rings is 2. The maximum absolute atomic E-state index is 12.8. The Balaban J connectivity index is 0.000000816. The number of halogens is 5. The maximum atomic E-state index is 12.8. The number of phenolic OH excluding ortho intramolecular Hbond substituents is 1. The summed E-state index contributed by atoms with van der Waals surface area (Å²) in [5.41, 5.74) is -0.454. The average Bonchev–Trinajstić information content (AvgIpc) is 2.49. The summed E-state index contributed by atoms with van der Waals surface area (Å²) in [6.07, 6.45) is -4.50. The Hall–Kier alpha value is -1.08. The van der Waals surface area contributed by atoms with Crippen molar-refractivity contribution in [3.05, 3.63) is 53.6 Å². The van der Waals surface area contributed by atoms with Crippen LogP contribution in [-0.4, -0.2) is 5.11 Å². The molecule has 0 atom stereocenters. The summed E-state index contributed by atoms with van der Waals surface area (Å²) >= 11 is -0.556. The van der Waals surface area contributed by atoms with Crippen molar-refractivity contribution < 1.29 is 35.3 Å². The predicted molar refractivity (Wildman–Crippen MR) is 80.2 cm³/mol. The topological polar surface area (TPSA) is 45.0 Å². The zero-order valence-corrected chi connectivity index (χ0v) is 14.8. The number of hydrogen-bond acceptors (Lipinski definition) is 3. The number of hydrogen-bond donors (Lipinski definition) is 1. The van der Waals surface area contributed by atoms with E-state index in [-0.39, 0.29) is 17.1 Å². The number of azo groups is 1. The van der Waals surface area contributed by atoms with Crippen LogP contribution in [0, 0.1) is 6.92 Å². The number of aromatic hydroxyl groups is 1. The summed E-state index contributed by atoms with van der Waals surface area (Å²) in [6, 6.07) is 9.66. The monoisotopic (exact) mass is 398 g/mol. The van der Waals surface area contributed by atoms with Gasteiger partial charge in [0.25, 0.3) is 0 Å². The second kappa shape index (κ2) is 9.28. The molecule has 9 heteroatoms. The van der Waals surface area contributed by atoms with Crippen LogP contribution in [0.5, 0.6) is 5.75 Å². The molecule has 0 bridgehead atoms. The van der Waals surface area contributed by atoms with Crippen LogP contribution in [0.2, 0.25) is 0 Å². The molecule has 0 saturated heterocycles. The van der Waals surface area contributed by atoms with Gasteiger partial charge in [0.2, 0.25) is 0 Å². The van der Waals surface area contributed by atoms with E-state index >= 15 is 0 Å². The van der Waals surface area contributed by atoms with Crippen LogP contribution in [0.4, 0.5) is 24.5 Å². The van der Waals surface area contributed by atoms with Gasteiger partial charge in [0.15, 0.2) is 0 Å². The quantitative estimate of drug-likeness (QED) is 0.454. The van der Waals surface area contributed by atoms with Crippen molar-refractivity contribution in [2.45, 2.75) is 13.1 Å². The standard InChI is InChI=1S/C14H11F3N2O.2ClH.Ti/c1-9-5-4-8-12(13(9)20)19-18-11-7-3-2-6-10(11)14(15,16)17;;;/h2-8,20H,1H3;2*1H;/q;;;+2/p-2. The van der Waals surface area contributed by atoms with E-state index in [1.54, 1.807) is 19.1 Å². The van der Waals surface area contributed by atoms with Crippen LogP contribution in [-0.2, 0) is 23.2 Å². The first-order chi connectivity index (χ1) is 10.8. The van der Waals surface area contributed by atoms with E-state index in [2.05, 4.69) is 10.2 Å². The number of alkyl halides is 3. The van der Waals surface area contributed by atoms with Crippen LogP contribution in [0.3, 0.4) is 0 Å². The molecule has 0 aliphatic heterocycles. The van der Waals surface area contributed by atoms with Crippen molar-refractivity contribution in [3.8, 4) is 5.75 Å². The van der Waals surface area contributed by atoms with Gasteiger partial charge in [-0.05, 0) is 30.7 Å². The number of nitrogens with zero attached hydrogens (tertiary/aromatic N) is 2. The second-order valence-corrected chi connectivity index (χ2v) is 6.81. The van der Waals surface area contributed by atoms with Crippen molar-refractivity contribution >= 4 is 30.0 Å². The molecule has 23 heavy (non-hydrogen) atoms. The molecule has 122 valence electrons. The van der Waals surface area contributed by atoms with Gasteiger partial charge in [0, 0.05) is 0 Å². The molecule has 0 unspecified atom stereocenters. The number of aryl methyl sites for hydroxylation is 1. The molecule has 0 aliphatic carbocycles. The Morgan fingerprint density at radius 1 is 0.957 bits per heavy atom. The van der Waals surface area contributed by atoms with Gasteiger partial charge in [0.1, 0.15) is 11.4 Å². The van der Waals surface area contributed by atoms with Crippen LogP contribution in [0.15, 0.2) is 52.7 Å². The SMILES string of the molecule is Cc1cccc(N=Nc2ccccc2C(F)(F)F)c1O.[Cl][Ti][Cl]. The van der Waals surface area contributed by atoms with Gasteiger partial charge in [-0.25, -0.2) is 0 Å². The molecule has 1 N–H and O–H groups in total. The molecule has 0 aromatic heterocycles. The molecule has 0 spiro atoms. The summed E-state index contributed by atoms with van der Waals surface area (Å²) in [6.45, 7) is 1.66. The molecule has 0 amide bonds. The number of phenols is 1. The summed E-state index contributed by atoms with van der Waals surface area (Å²) in [7, 11) is 9.78. The van der Waals surface area contributed by atoms with Gasteiger partial charge < -0.3 is 5.11 Å². The molecule has 2 rings (SSSR count). The Labute approximate surface area is 147 Å². The zero-order valence-electron chi connectivity index (χ0n) is 11.8. The van der Waals surface area contributed by atoms with Gasteiger partial charge in [0.05, 0.1) is 11.3 Å². The fourth-order valence-electron chi connectivity index (χ4n) is 1.63. The van der Waals surface area contributed by atoms with Gasteiger partial charge >= 0.3 is 41.8 Å². The zero-order chi connectivity index (χ0) is 17.5. The van der Waals surface area contributed by atoms with Gasteiger partial charge in [-0.15, -0.1) is 10.2 Å². The molecule has 0 aliphatic rings. The van der Waals surface area contributed by atoms with E-state index in [0.29, 0.717) is 5.56 Å². The summed E-state index contributed by atoms with van der Waals surface area (Å²) in [4.78, 5) is 0. The van der Waals surface area contributed by atoms with Gasteiger partial charge in [-0.2, -0.15) is 13.2 Å². The normalized spacial score (nSPS) is 11.0. The van der Waals surface area contributed by atoms with Crippen molar-refractivity contribution in [2.24, 2.45) is 10.2 Å². The van der Waals surface area contributed by atoms with E-state index in [9.17, 15) is 18.3 Å². The Morgan fingerprint density at radius 2 is 1.48 bits per heavy atom. The molecular formula is C14H11Cl2F3N2OTi. The molecule has 0 heterocycles. The predicted octanol–water partition coefficient (Wildman–Crippen LogP) is 6.51. The third kappa shape index (κ3) is 6.14. The molecule has 2 aromatic rings. The fourth-order valence-corrected chi connectivity index (χ4v) is 1.63. The molecular weight excluding hydrogens is 388 g/mol. The van der Waals surface area contributed by atoms with E-state index in [0.717, 1.165) is 6.07 Å². The van der Waals surface area contributed by atoms with Crippen molar-refractivity contribution in [1.82, 2.24) is 0 Å². The third-order valence-corrected chi connectivity index (χ3v) is 2.69. The summed E-state index contributed by atoms with van der Waals surface area (Å²) in [5.74, 6) is -0.0965. The number of rotatable bonds is 2. The van der Waals surface area contributed by atoms with E-state index < -0.39 is 28.8 Å². The molecule has 3 nitrogen and oxygen atoms in total. The van der Waals surface area contributed by atoms with Gasteiger partial charge in [-0.3, -0.25) is 0 Å². The number of para-hydroxylation sites is 1. The van der Waals surface area contributed by atoms with Crippen LogP contribution >= 0.6 is 18.6 Å². The third-order valence-electron chi connectivity index (χ3n) is 2.69. The molecule has 0 saturated carbocycles. The average molecular weight is 399 g/mol. The molecule has 0 fully saturated rings. The van der Waals surface area contributed by atoms with Crippen molar-refractivity contribution in [2.75, 3.05) is 0 Å². The molecule has 0 radical (unpaired) electrons. The van der Waals surface area contributed by atoms with Crippen molar-refractivity contribution in [1.29, 1.82) is 0 Å².